The SMILES string of the molecule is Cc1cc(CSc2ccc(C3=NCCN3)cc2)cc(CSc2ccc(C3=NCCN3)cc2)c1. The molecule has 0 saturated heterocycles. The number of nitrogens with one attached hydrogen (secondary N) is 2. The third-order valence-corrected chi connectivity index (χ3v) is 7.78. The van der Waals surface area contributed by atoms with Crippen LogP contribution in [0.5, 0.6) is 0 Å². The van der Waals surface area contributed by atoms with E-state index in [4.69, 9.17) is 0 Å². The van der Waals surface area contributed by atoms with Gasteiger partial charge in [-0.25, -0.2) is 0 Å². The quantitative estimate of drug-likeness (QED) is 0.438. The first-order valence-electron chi connectivity index (χ1n) is 11.4. The average Bonchev–Trinajstić information content (AvgIpc) is 3.57. The first-order chi connectivity index (χ1) is 16.2. The van der Waals surface area contributed by atoms with Crippen LogP contribution < -0.4 is 10.6 Å². The molecule has 2 N–H and O–H groups in total. The molecule has 0 amide bonds. The Kier molecular flexibility index (Phi) is 7.03. The smallest absolute Gasteiger partial charge is 0.128 e. The lowest BCUT2D eigenvalue weighted by Gasteiger charge is -2.09. The van der Waals surface area contributed by atoms with Gasteiger partial charge in [-0.3, -0.25) is 9.98 Å². The summed E-state index contributed by atoms with van der Waals surface area (Å²) in [4.78, 5) is 11.6. The largest absolute Gasteiger partial charge is 0.368 e. The zero-order valence-corrected chi connectivity index (χ0v) is 20.4. The van der Waals surface area contributed by atoms with Gasteiger partial charge in [0.25, 0.3) is 0 Å². The second-order valence-corrected chi connectivity index (χ2v) is 10.4. The highest BCUT2D eigenvalue weighted by molar-refractivity contribution is 7.98. The van der Waals surface area contributed by atoms with Gasteiger partial charge in [0.1, 0.15) is 11.7 Å². The minimum atomic E-state index is 0.873. The van der Waals surface area contributed by atoms with Crippen molar-refractivity contribution in [1.82, 2.24) is 10.6 Å². The first-order valence-corrected chi connectivity index (χ1v) is 13.3. The van der Waals surface area contributed by atoms with Crippen molar-refractivity contribution in [2.45, 2.75) is 28.2 Å². The average molecular weight is 473 g/mol. The van der Waals surface area contributed by atoms with Crippen molar-refractivity contribution >= 4 is 35.2 Å². The summed E-state index contributed by atoms with van der Waals surface area (Å²) in [6.45, 7) is 5.82. The summed E-state index contributed by atoms with van der Waals surface area (Å²) in [7, 11) is 0. The standard InChI is InChI=1S/C27H28N4S2/c1-19-14-20(17-32-24-6-2-22(3-7-24)26-28-10-11-29-26)16-21(15-19)18-33-25-8-4-23(5-9-25)27-30-12-13-31-27/h2-9,14-16H,10-13,17-18H2,1H3,(H,28,29)(H,30,31). The maximum Gasteiger partial charge on any atom is 0.128 e. The van der Waals surface area contributed by atoms with Crippen LogP contribution in [0.25, 0.3) is 0 Å². The second-order valence-electron chi connectivity index (χ2n) is 8.27. The van der Waals surface area contributed by atoms with Crippen molar-refractivity contribution in [3.05, 3.63) is 94.5 Å². The van der Waals surface area contributed by atoms with E-state index in [1.54, 1.807) is 0 Å². The molecule has 33 heavy (non-hydrogen) atoms. The highest BCUT2D eigenvalue weighted by Gasteiger charge is 2.09. The predicted octanol–water partition coefficient (Wildman–Crippen LogP) is 5.28. The van der Waals surface area contributed by atoms with Gasteiger partial charge in [0.2, 0.25) is 0 Å². The molecular formula is C27H28N4S2. The Hall–Kier alpha value is -2.70. The molecule has 2 heterocycles. The van der Waals surface area contributed by atoms with Crippen molar-refractivity contribution < 1.29 is 0 Å². The van der Waals surface area contributed by atoms with E-state index in [1.807, 2.05) is 23.5 Å². The normalized spacial score (nSPS) is 15.1. The van der Waals surface area contributed by atoms with Gasteiger partial charge in [0.15, 0.2) is 0 Å². The Morgan fingerprint density at radius 3 is 1.52 bits per heavy atom. The zero-order chi connectivity index (χ0) is 22.5. The number of nitrogens with zero attached hydrogens (tertiary/aromatic N) is 2. The topological polar surface area (TPSA) is 48.8 Å². The van der Waals surface area contributed by atoms with Crippen molar-refractivity contribution in [2.75, 3.05) is 26.2 Å². The Bertz CT molecular complexity index is 1080. The fourth-order valence-electron chi connectivity index (χ4n) is 4.05. The number of amidine groups is 2. The van der Waals surface area contributed by atoms with Crippen LogP contribution in [-0.2, 0) is 11.5 Å². The molecule has 2 aliphatic heterocycles. The molecule has 0 spiro atoms. The van der Waals surface area contributed by atoms with E-state index in [9.17, 15) is 0 Å². The fraction of sp³-hybridized carbons (Fsp3) is 0.259. The summed E-state index contributed by atoms with van der Waals surface area (Å²) in [5.41, 5.74) is 6.42. The minimum Gasteiger partial charge on any atom is -0.368 e. The predicted molar refractivity (Wildman–Crippen MR) is 142 cm³/mol. The molecule has 6 heteroatoms. The number of aryl methyl sites for hydroxylation is 1. The molecule has 5 rings (SSSR count). The molecule has 0 bridgehead atoms. The van der Waals surface area contributed by atoms with E-state index in [-0.39, 0.29) is 0 Å². The van der Waals surface area contributed by atoms with Crippen LogP contribution in [0, 0.1) is 6.92 Å². The van der Waals surface area contributed by atoms with Gasteiger partial charge in [-0.1, -0.05) is 48.0 Å². The molecule has 3 aromatic rings. The molecule has 3 aromatic carbocycles. The van der Waals surface area contributed by atoms with Crippen LogP contribution in [0.1, 0.15) is 27.8 Å². The van der Waals surface area contributed by atoms with Gasteiger partial charge < -0.3 is 10.6 Å². The molecule has 0 fully saturated rings. The van der Waals surface area contributed by atoms with Crippen LogP contribution in [0.15, 0.2) is 86.5 Å². The second kappa shape index (κ2) is 10.5. The van der Waals surface area contributed by atoms with Gasteiger partial charge in [-0.15, -0.1) is 23.5 Å². The Morgan fingerprint density at radius 2 is 1.12 bits per heavy atom. The Labute approximate surface area is 204 Å². The lowest BCUT2D eigenvalue weighted by Crippen LogP contribution is -2.19. The summed E-state index contributed by atoms with van der Waals surface area (Å²) < 4.78 is 0. The molecule has 4 nitrogen and oxygen atoms in total. The molecule has 0 atom stereocenters. The minimum absolute atomic E-state index is 0.873. The fourth-order valence-corrected chi connectivity index (χ4v) is 5.71. The molecular weight excluding hydrogens is 444 g/mol. The molecule has 0 unspecified atom stereocenters. The molecule has 2 aliphatic rings. The van der Waals surface area contributed by atoms with E-state index in [2.05, 4.69) is 94.3 Å². The highest BCUT2D eigenvalue weighted by atomic mass is 32.2. The van der Waals surface area contributed by atoms with Gasteiger partial charge in [-0.05, 0) is 42.3 Å². The summed E-state index contributed by atoms with van der Waals surface area (Å²) >= 11 is 3.77. The number of aliphatic imine (C=N–C) groups is 2. The van der Waals surface area contributed by atoms with Crippen LogP contribution in [0.4, 0.5) is 0 Å². The summed E-state index contributed by atoms with van der Waals surface area (Å²) in [5, 5.41) is 6.67. The third kappa shape index (κ3) is 5.81. The van der Waals surface area contributed by atoms with Crippen LogP contribution in [0.2, 0.25) is 0 Å². The van der Waals surface area contributed by atoms with E-state index in [0.717, 1.165) is 49.4 Å². The van der Waals surface area contributed by atoms with Gasteiger partial charge >= 0.3 is 0 Å². The van der Waals surface area contributed by atoms with E-state index in [0.29, 0.717) is 0 Å². The van der Waals surface area contributed by atoms with E-state index >= 15 is 0 Å². The first kappa shape index (κ1) is 22.1. The number of thioether (sulfide) groups is 2. The molecule has 0 aromatic heterocycles. The highest BCUT2D eigenvalue weighted by Crippen LogP contribution is 2.28. The Morgan fingerprint density at radius 1 is 0.667 bits per heavy atom. The lowest BCUT2D eigenvalue weighted by molar-refractivity contribution is 0.960. The van der Waals surface area contributed by atoms with Crippen LogP contribution in [0.3, 0.4) is 0 Å². The van der Waals surface area contributed by atoms with Crippen molar-refractivity contribution in [1.29, 1.82) is 0 Å². The lowest BCUT2D eigenvalue weighted by atomic mass is 10.1. The summed E-state index contributed by atoms with van der Waals surface area (Å²) in [6.07, 6.45) is 0. The maximum absolute atomic E-state index is 4.50. The monoisotopic (exact) mass is 472 g/mol. The van der Waals surface area contributed by atoms with E-state index < -0.39 is 0 Å². The number of hydrogen-bond acceptors (Lipinski definition) is 6. The summed E-state index contributed by atoms with van der Waals surface area (Å²) in [5.74, 6) is 3.99. The van der Waals surface area contributed by atoms with Crippen LogP contribution >= 0.6 is 23.5 Å². The van der Waals surface area contributed by atoms with Gasteiger partial charge in [0.05, 0.1) is 13.1 Å². The molecule has 0 radical (unpaired) electrons. The van der Waals surface area contributed by atoms with Gasteiger partial charge in [-0.2, -0.15) is 0 Å². The molecule has 0 saturated carbocycles. The Balaban J connectivity index is 1.17. The van der Waals surface area contributed by atoms with E-state index in [1.165, 1.54) is 37.6 Å². The zero-order valence-electron chi connectivity index (χ0n) is 18.8. The number of rotatable bonds is 8. The summed E-state index contributed by atoms with van der Waals surface area (Å²) in [6, 6.07) is 24.4. The maximum atomic E-state index is 4.50. The van der Waals surface area contributed by atoms with Crippen molar-refractivity contribution in [3.8, 4) is 0 Å². The van der Waals surface area contributed by atoms with Crippen molar-refractivity contribution in [2.24, 2.45) is 9.98 Å². The molecule has 168 valence electrons. The third-order valence-electron chi connectivity index (χ3n) is 5.61. The number of benzene rings is 3. The van der Waals surface area contributed by atoms with Crippen LogP contribution in [-0.4, -0.2) is 37.9 Å². The molecule has 0 aliphatic carbocycles. The number of hydrogen-bond donors (Lipinski definition) is 2. The van der Waals surface area contributed by atoms with Gasteiger partial charge in [0, 0.05) is 45.5 Å². The van der Waals surface area contributed by atoms with Crippen molar-refractivity contribution in [3.63, 3.8) is 0 Å².